The molecule has 20 heavy (non-hydrogen) atoms. The number of halogens is 3. The zero-order chi connectivity index (χ0) is 14.7. The smallest absolute Gasteiger partial charge is 0.140 e. The van der Waals surface area contributed by atoms with E-state index in [-0.39, 0.29) is 10.5 Å². The summed E-state index contributed by atoms with van der Waals surface area (Å²) in [6.07, 6.45) is 0.976. The summed E-state index contributed by atoms with van der Waals surface area (Å²) >= 11 is 4.64. The molecule has 1 unspecified atom stereocenters. The van der Waals surface area contributed by atoms with Crippen LogP contribution >= 0.6 is 27.3 Å². The lowest BCUT2D eigenvalue weighted by Gasteiger charge is -2.13. The van der Waals surface area contributed by atoms with E-state index in [0.29, 0.717) is 5.56 Å². The van der Waals surface area contributed by atoms with Gasteiger partial charge in [-0.2, -0.15) is 0 Å². The van der Waals surface area contributed by atoms with Gasteiger partial charge in [0.05, 0.1) is 4.47 Å². The first kappa shape index (κ1) is 15.6. The fourth-order valence-corrected chi connectivity index (χ4v) is 3.62. The highest BCUT2D eigenvalue weighted by Crippen LogP contribution is 2.35. The van der Waals surface area contributed by atoms with Gasteiger partial charge >= 0.3 is 0 Å². The van der Waals surface area contributed by atoms with Crippen molar-refractivity contribution in [3.05, 3.63) is 45.2 Å². The van der Waals surface area contributed by atoms with Crippen molar-refractivity contribution in [2.45, 2.75) is 26.3 Å². The number of hydrogen-bond acceptors (Lipinski definition) is 2. The molecule has 0 saturated heterocycles. The van der Waals surface area contributed by atoms with Gasteiger partial charge in [0.2, 0.25) is 0 Å². The number of rotatable bonds is 5. The van der Waals surface area contributed by atoms with Gasteiger partial charge in [0, 0.05) is 27.4 Å². The average Bonchev–Trinajstić information content (AvgIpc) is 2.89. The molecule has 0 spiro atoms. The van der Waals surface area contributed by atoms with Crippen LogP contribution in [0.3, 0.4) is 0 Å². The van der Waals surface area contributed by atoms with Gasteiger partial charge in [0.15, 0.2) is 0 Å². The van der Waals surface area contributed by atoms with Crippen LogP contribution in [0.4, 0.5) is 8.78 Å². The largest absolute Gasteiger partial charge is 0.310 e. The molecule has 2 aromatic rings. The molecule has 5 heteroatoms. The second-order valence-electron chi connectivity index (χ2n) is 4.47. The summed E-state index contributed by atoms with van der Waals surface area (Å²) in [5.41, 5.74) is 0.431. The molecule has 1 aromatic heterocycles. The Morgan fingerprint density at radius 3 is 2.60 bits per heavy atom. The van der Waals surface area contributed by atoms with Crippen LogP contribution in [0.2, 0.25) is 0 Å². The highest BCUT2D eigenvalue weighted by Gasteiger charge is 2.15. The van der Waals surface area contributed by atoms with E-state index < -0.39 is 11.6 Å². The van der Waals surface area contributed by atoms with Crippen LogP contribution in [0.1, 0.15) is 31.2 Å². The Hall–Kier alpha value is -0.780. The van der Waals surface area contributed by atoms with E-state index in [1.54, 1.807) is 11.3 Å². The van der Waals surface area contributed by atoms with E-state index in [4.69, 9.17) is 0 Å². The molecule has 1 nitrogen and oxygen atoms in total. The minimum atomic E-state index is -0.581. The maximum Gasteiger partial charge on any atom is 0.140 e. The Bertz CT molecular complexity index is 598. The summed E-state index contributed by atoms with van der Waals surface area (Å²) in [4.78, 5) is 1.98. The molecular formula is C15H16BrF2NS. The molecule has 2 rings (SSSR count). The SMILES string of the molecule is CCNC(CC)c1ccc(-c2cc(Br)c(F)cc2F)s1. The Morgan fingerprint density at radius 1 is 1.20 bits per heavy atom. The lowest BCUT2D eigenvalue weighted by molar-refractivity contribution is 0.545. The first-order valence-corrected chi connectivity index (χ1v) is 8.15. The monoisotopic (exact) mass is 359 g/mol. The molecular weight excluding hydrogens is 344 g/mol. The highest BCUT2D eigenvalue weighted by molar-refractivity contribution is 9.10. The van der Waals surface area contributed by atoms with Gasteiger partial charge in [-0.05, 0) is 47.1 Å². The molecule has 0 radical (unpaired) electrons. The predicted octanol–water partition coefficient (Wildman–Crippen LogP) is 5.52. The van der Waals surface area contributed by atoms with Crippen LogP contribution in [0.15, 0.2) is 28.7 Å². The minimum Gasteiger partial charge on any atom is -0.310 e. The standard InChI is InChI=1S/C15H16BrF2NS/c1-3-13(19-4-2)15-6-5-14(20-15)9-7-10(16)12(18)8-11(9)17/h5-8,13,19H,3-4H2,1-2H3. The highest BCUT2D eigenvalue weighted by atomic mass is 79.9. The van der Waals surface area contributed by atoms with Crippen molar-refractivity contribution >= 4 is 27.3 Å². The molecule has 1 aromatic carbocycles. The van der Waals surface area contributed by atoms with Crippen LogP contribution in [0.25, 0.3) is 10.4 Å². The minimum absolute atomic E-state index is 0.280. The van der Waals surface area contributed by atoms with E-state index in [9.17, 15) is 8.78 Å². The van der Waals surface area contributed by atoms with Crippen molar-refractivity contribution in [3.63, 3.8) is 0 Å². The fraction of sp³-hybridized carbons (Fsp3) is 0.333. The Balaban J connectivity index is 2.35. The van der Waals surface area contributed by atoms with Gasteiger partial charge in [0.25, 0.3) is 0 Å². The summed E-state index contributed by atoms with van der Waals surface area (Å²) in [6, 6.07) is 6.59. The quantitative estimate of drug-likeness (QED) is 0.693. The van der Waals surface area contributed by atoms with Crippen molar-refractivity contribution in [3.8, 4) is 10.4 Å². The van der Waals surface area contributed by atoms with Crippen molar-refractivity contribution < 1.29 is 8.78 Å². The van der Waals surface area contributed by atoms with Crippen LogP contribution < -0.4 is 5.32 Å². The molecule has 0 aliphatic rings. The second-order valence-corrected chi connectivity index (χ2v) is 6.44. The third-order valence-electron chi connectivity index (χ3n) is 3.10. The zero-order valence-corrected chi connectivity index (χ0v) is 13.7. The van der Waals surface area contributed by atoms with Crippen molar-refractivity contribution in [2.75, 3.05) is 6.54 Å². The molecule has 1 heterocycles. The average molecular weight is 360 g/mol. The number of thiophene rings is 1. The van der Waals surface area contributed by atoms with E-state index in [2.05, 4.69) is 35.1 Å². The molecule has 0 amide bonds. The number of hydrogen-bond donors (Lipinski definition) is 1. The molecule has 0 aliphatic carbocycles. The van der Waals surface area contributed by atoms with Crippen molar-refractivity contribution in [2.24, 2.45) is 0 Å². The van der Waals surface area contributed by atoms with Crippen LogP contribution in [-0.4, -0.2) is 6.54 Å². The van der Waals surface area contributed by atoms with Crippen molar-refractivity contribution in [1.82, 2.24) is 5.32 Å². The van der Waals surface area contributed by atoms with E-state index in [1.165, 1.54) is 10.9 Å². The van der Waals surface area contributed by atoms with Gasteiger partial charge in [-0.3, -0.25) is 0 Å². The van der Waals surface area contributed by atoms with Gasteiger partial charge in [-0.1, -0.05) is 13.8 Å². The summed E-state index contributed by atoms with van der Waals surface area (Å²) in [5, 5.41) is 3.40. The maximum atomic E-state index is 13.9. The third-order valence-corrected chi connectivity index (χ3v) is 4.94. The normalized spacial score (nSPS) is 12.7. The fourth-order valence-electron chi connectivity index (χ4n) is 2.09. The summed E-state index contributed by atoms with van der Waals surface area (Å²) in [6.45, 7) is 5.07. The lowest BCUT2D eigenvalue weighted by atomic mass is 10.1. The maximum absolute atomic E-state index is 13.9. The van der Waals surface area contributed by atoms with E-state index in [0.717, 1.165) is 23.9 Å². The van der Waals surface area contributed by atoms with Crippen LogP contribution in [-0.2, 0) is 0 Å². The Morgan fingerprint density at radius 2 is 1.95 bits per heavy atom. The van der Waals surface area contributed by atoms with E-state index in [1.807, 2.05) is 12.1 Å². The summed E-state index contributed by atoms with van der Waals surface area (Å²) < 4.78 is 27.4. The predicted molar refractivity (Wildman–Crippen MR) is 84.1 cm³/mol. The van der Waals surface area contributed by atoms with Crippen molar-refractivity contribution in [1.29, 1.82) is 0 Å². The van der Waals surface area contributed by atoms with Gasteiger partial charge in [-0.25, -0.2) is 8.78 Å². The number of nitrogens with one attached hydrogen (secondary N) is 1. The van der Waals surface area contributed by atoms with Crippen LogP contribution in [0.5, 0.6) is 0 Å². The van der Waals surface area contributed by atoms with Gasteiger partial charge < -0.3 is 5.32 Å². The molecule has 0 bridgehead atoms. The Kier molecular flexibility index (Phi) is 5.29. The molecule has 0 saturated carbocycles. The van der Waals surface area contributed by atoms with Gasteiger partial charge in [-0.15, -0.1) is 11.3 Å². The Labute approximate surface area is 130 Å². The summed E-state index contributed by atoms with van der Waals surface area (Å²) in [7, 11) is 0. The first-order chi connectivity index (χ1) is 9.56. The number of benzene rings is 1. The van der Waals surface area contributed by atoms with Crippen LogP contribution in [0, 0.1) is 11.6 Å². The molecule has 0 fully saturated rings. The van der Waals surface area contributed by atoms with E-state index >= 15 is 0 Å². The second kappa shape index (κ2) is 6.78. The zero-order valence-electron chi connectivity index (χ0n) is 11.3. The van der Waals surface area contributed by atoms with Gasteiger partial charge in [0.1, 0.15) is 11.6 Å². The third kappa shape index (κ3) is 3.27. The molecule has 0 aliphatic heterocycles. The molecule has 108 valence electrons. The topological polar surface area (TPSA) is 12.0 Å². The molecule has 1 atom stereocenters. The molecule has 1 N–H and O–H groups in total. The lowest BCUT2D eigenvalue weighted by Crippen LogP contribution is -2.18. The first-order valence-electron chi connectivity index (χ1n) is 6.54. The summed E-state index contributed by atoms with van der Waals surface area (Å²) in [5.74, 6) is -1.11.